The summed E-state index contributed by atoms with van der Waals surface area (Å²) in [6, 6.07) is 0.866. The second-order valence-electron chi connectivity index (χ2n) is 4.77. The molecule has 0 aromatic carbocycles. The lowest BCUT2D eigenvalue weighted by molar-refractivity contribution is -0.0188. The van der Waals surface area contributed by atoms with Gasteiger partial charge in [-0.25, -0.2) is 0 Å². The first-order valence-electron chi connectivity index (χ1n) is 4.83. The molecule has 0 aromatic heterocycles. The maximum absolute atomic E-state index is 2.66. The highest BCUT2D eigenvalue weighted by Crippen LogP contribution is 2.51. The average Bonchev–Trinajstić information content (AvgIpc) is 2.66. The SMILES string of the molecule is CC1CN1C1(C)C(C)CC1C. The largest absolute Gasteiger partial charge is 0.292 e. The van der Waals surface area contributed by atoms with E-state index in [9.17, 15) is 0 Å². The summed E-state index contributed by atoms with van der Waals surface area (Å²) in [6.07, 6.45) is 1.43. The molecule has 11 heavy (non-hydrogen) atoms. The summed E-state index contributed by atoms with van der Waals surface area (Å²) in [6.45, 7) is 10.9. The van der Waals surface area contributed by atoms with E-state index in [-0.39, 0.29) is 0 Å². The molecular formula is C10H19N. The number of hydrogen-bond acceptors (Lipinski definition) is 1. The van der Waals surface area contributed by atoms with Crippen molar-refractivity contribution in [2.75, 3.05) is 6.54 Å². The zero-order valence-electron chi connectivity index (χ0n) is 8.09. The fraction of sp³-hybridized carbons (Fsp3) is 1.00. The third kappa shape index (κ3) is 0.807. The van der Waals surface area contributed by atoms with Crippen LogP contribution in [0, 0.1) is 11.8 Å². The van der Waals surface area contributed by atoms with Crippen LogP contribution >= 0.6 is 0 Å². The Labute approximate surface area is 69.8 Å². The lowest BCUT2D eigenvalue weighted by Crippen LogP contribution is -2.56. The second-order valence-corrected chi connectivity index (χ2v) is 4.77. The van der Waals surface area contributed by atoms with E-state index in [1.807, 2.05) is 0 Å². The van der Waals surface area contributed by atoms with Crippen LogP contribution in [0.15, 0.2) is 0 Å². The number of hydrogen-bond donors (Lipinski definition) is 0. The Bertz CT molecular complexity index is 168. The van der Waals surface area contributed by atoms with Gasteiger partial charge in [0.2, 0.25) is 0 Å². The van der Waals surface area contributed by atoms with Crippen molar-refractivity contribution in [3.8, 4) is 0 Å². The average molecular weight is 153 g/mol. The zero-order chi connectivity index (χ0) is 8.22. The Morgan fingerprint density at radius 1 is 1.18 bits per heavy atom. The van der Waals surface area contributed by atoms with Crippen molar-refractivity contribution in [2.45, 2.75) is 45.7 Å². The summed E-state index contributed by atoms with van der Waals surface area (Å²) in [5.74, 6) is 1.84. The Hall–Kier alpha value is -0.0400. The Kier molecular flexibility index (Phi) is 1.39. The van der Waals surface area contributed by atoms with Crippen molar-refractivity contribution < 1.29 is 0 Å². The second kappa shape index (κ2) is 2.01. The molecular weight excluding hydrogens is 134 g/mol. The predicted octanol–water partition coefficient (Wildman–Crippen LogP) is 2.13. The smallest absolute Gasteiger partial charge is 0.0236 e. The van der Waals surface area contributed by atoms with Crippen LogP contribution in [-0.4, -0.2) is 23.0 Å². The molecule has 0 radical (unpaired) electrons. The molecule has 2 rings (SSSR count). The van der Waals surface area contributed by atoms with E-state index in [0.717, 1.165) is 17.9 Å². The fourth-order valence-corrected chi connectivity index (χ4v) is 2.81. The molecule has 64 valence electrons. The summed E-state index contributed by atoms with van der Waals surface area (Å²) in [7, 11) is 0. The molecule has 4 unspecified atom stereocenters. The van der Waals surface area contributed by atoms with Crippen molar-refractivity contribution in [1.29, 1.82) is 0 Å². The predicted molar refractivity (Wildman–Crippen MR) is 47.5 cm³/mol. The molecule has 0 bridgehead atoms. The molecule has 0 spiro atoms. The van der Waals surface area contributed by atoms with Gasteiger partial charge in [0.25, 0.3) is 0 Å². The zero-order valence-corrected chi connectivity index (χ0v) is 8.09. The van der Waals surface area contributed by atoms with Crippen molar-refractivity contribution in [1.82, 2.24) is 4.90 Å². The van der Waals surface area contributed by atoms with Crippen LogP contribution in [0.1, 0.15) is 34.1 Å². The molecule has 4 atom stereocenters. The molecule has 2 aliphatic rings. The van der Waals surface area contributed by atoms with Gasteiger partial charge < -0.3 is 0 Å². The summed E-state index contributed by atoms with van der Waals surface area (Å²) in [5, 5.41) is 0. The van der Waals surface area contributed by atoms with Gasteiger partial charge in [0.15, 0.2) is 0 Å². The van der Waals surface area contributed by atoms with Gasteiger partial charge in [-0.05, 0) is 32.1 Å². The molecule has 1 nitrogen and oxygen atoms in total. The van der Waals surface area contributed by atoms with Gasteiger partial charge in [0, 0.05) is 18.1 Å². The van der Waals surface area contributed by atoms with Gasteiger partial charge in [-0.1, -0.05) is 13.8 Å². The molecule has 1 saturated heterocycles. The Balaban J connectivity index is 2.09. The molecule has 1 heteroatoms. The number of rotatable bonds is 1. The molecule has 1 aliphatic carbocycles. The summed E-state index contributed by atoms with van der Waals surface area (Å²) in [4.78, 5) is 2.66. The first kappa shape index (κ1) is 7.60. The fourth-order valence-electron chi connectivity index (χ4n) is 2.81. The van der Waals surface area contributed by atoms with Crippen LogP contribution in [0.5, 0.6) is 0 Å². The summed E-state index contributed by atoms with van der Waals surface area (Å²) in [5.41, 5.74) is 0.555. The highest BCUT2D eigenvalue weighted by atomic mass is 15.4. The minimum absolute atomic E-state index is 0.555. The van der Waals surface area contributed by atoms with E-state index in [1.165, 1.54) is 13.0 Å². The quantitative estimate of drug-likeness (QED) is 0.521. The van der Waals surface area contributed by atoms with Crippen LogP contribution < -0.4 is 0 Å². The van der Waals surface area contributed by atoms with E-state index < -0.39 is 0 Å². The molecule has 0 aromatic rings. The van der Waals surface area contributed by atoms with E-state index in [1.54, 1.807) is 0 Å². The molecule has 0 amide bonds. The van der Waals surface area contributed by atoms with Crippen molar-refractivity contribution in [3.63, 3.8) is 0 Å². The van der Waals surface area contributed by atoms with Crippen molar-refractivity contribution in [2.24, 2.45) is 11.8 Å². The van der Waals surface area contributed by atoms with Gasteiger partial charge in [0.1, 0.15) is 0 Å². The topological polar surface area (TPSA) is 3.01 Å². The molecule has 1 heterocycles. The first-order chi connectivity index (χ1) is 5.06. The minimum atomic E-state index is 0.555. The third-order valence-corrected chi connectivity index (χ3v) is 4.18. The molecule has 1 saturated carbocycles. The van der Waals surface area contributed by atoms with E-state index in [2.05, 4.69) is 32.6 Å². The number of nitrogens with zero attached hydrogens (tertiary/aromatic N) is 1. The van der Waals surface area contributed by atoms with Crippen LogP contribution in [0.2, 0.25) is 0 Å². The van der Waals surface area contributed by atoms with Crippen LogP contribution in [0.4, 0.5) is 0 Å². The third-order valence-electron chi connectivity index (χ3n) is 4.18. The standard InChI is InChI=1S/C10H19N/c1-7-5-8(2)10(7,4)11-6-9(11)3/h7-9H,5-6H2,1-4H3. The lowest BCUT2D eigenvalue weighted by atomic mass is 9.61. The van der Waals surface area contributed by atoms with Crippen molar-refractivity contribution in [3.05, 3.63) is 0 Å². The van der Waals surface area contributed by atoms with E-state index in [4.69, 9.17) is 0 Å². The monoisotopic (exact) mass is 153 g/mol. The first-order valence-corrected chi connectivity index (χ1v) is 4.83. The normalized spacial score (nSPS) is 62.2. The van der Waals surface area contributed by atoms with Gasteiger partial charge in [0.05, 0.1) is 0 Å². The highest BCUT2D eigenvalue weighted by Gasteiger charge is 2.56. The maximum Gasteiger partial charge on any atom is 0.0236 e. The Morgan fingerprint density at radius 2 is 1.64 bits per heavy atom. The maximum atomic E-state index is 2.66. The van der Waals surface area contributed by atoms with Crippen LogP contribution in [0.3, 0.4) is 0 Å². The summed E-state index contributed by atoms with van der Waals surface area (Å²) >= 11 is 0. The van der Waals surface area contributed by atoms with E-state index in [0.29, 0.717) is 5.54 Å². The molecule has 2 fully saturated rings. The van der Waals surface area contributed by atoms with Crippen LogP contribution in [-0.2, 0) is 0 Å². The highest BCUT2D eigenvalue weighted by molar-refractivity contribution is 5.10. The molecule has 0 N–H and O–H groups in total. The van der Waals surface area contributed by atoms with Gasteiger partial charge in [-0.3, -0.25) is 4.90 Å². The van der Waals surface area contributed by atoms with Gasteiger partial charge >= 0.3 is 0 Å². The molecule has 1 aliphatic heterocycles. The lowest BCUT2D eigenvalue weighted by Gasteiger charge is -2.53. The Morgan fingerprint density at radius 3 is 1.82 bits per heavy atom. The van der Waals surface area contributed by atoms with Gasteiger partial charge in [-0.15, -0.1) is 0 Å². The minimum Gasteiger partial charge on any atom is -0.292 e. The van der Waals surface area contributed by atoms with Gasteiger partial charge in [-0.2, -0.15) is 0 Å². The summed E-state index contributed by atoms with van der Waals surface area (Å²) < 4.78 is 0. The van der Waals surface area contributed by atoms with Crippen molar-refractivity contribution >= 4 is 0 Å². The van der Waals surface area contributed by atoms with E-state index >= 15 is 0 Å². The van der Waals surface area contributed by atoms with Crippen LogP contribution in [0.25, 0.3) is 0 Å².